The topological polar surface area (TPSA) is 70.3 Å². The molecule has 0 heterocycles. The van der Waals surface area contributed by atoms with Crippen LogP contribution in [0.2, 0.25) is 5.02 Å². The van der Waals surface area contributed by atoms with E-state index in [1.54, 1.807) is 13.8 Å². The molecule has 0 amide bonds. The molecule has 0 aliphatic carbocycles. The number of carbonyl (C=O) groups excluding carboxylic acids is 1. The van der Waals surface area contributed by atoms with Crippen LogP contribution in [0.3, 0.4) is 0 Å². The van der Waals surface area contributed by atoms with Crippen LogP contribution >= 0.6 is 11.6 Å². The molecule has 84 valence electrons. The second-order valence-corrected chi connectivity index (χ2v) is 3.49. The van der Waals surface area contributed by atoms with E-state index >= 15 is 0 Å². The van der Waals surface area contributed by atoms with E-state index in [2.05, 4.69) is 0 Å². The predicted molar refractivity (Wildman–Crippen MR) is 58.5 cm³/mol. The fraction of sp³-hybridized carbons (Fsp3) is 0.273. The summed E-state index contributed by atoms with van der Waals surface area (Å²) in [6.45, 7) is 3.40. The van der Waals surface area contributed by atoms with E-state index in [4.69, 9.17) is 21.6 Å². The first-order valence-electron chi connectivity index (χ1n) is 4.62. The van der Waals surface area contributed by atoms with Crippen molar-refractivity contribution in [1.82, 2.24) is 0 Å². The number of hydrogen-bond donors (Lipinski definition) is 1. The quantitative estimate of drug-likeness (QED) is 0.805. The molecular weight excluding hydrogens is 230 g/mol. The average molecular weight is 240 g/mol. The van der Waals surface area contributed by atoms with Crippen LogP contribution in [0.1, 0.15) is 28.4 Å². The highest BCUT2D eigenvalue weighted by atomic mass is 35.5. The second-order valence-electron chi connectivity index (χ2n) is 3.09. The summed E-state index contributed by atoms with van der Waals surface area (Å²) >= 11 is 5.71. The van der Waals surface area contributed by atoms with Gasteiger partial charge in [0.25, 0.3) is 0 Å². The lowest BCUT2D eigenvalue weighted by atomic mass is 10.0. The van der Waals surface area contributed by atoms with Crippen LogP contribution < -0.4 is 0 Å². The summed E-state index contributed by atoms with van der Waals surface area (Å²) in [7, 11) is 0. The van der Waals surface area contributed by atoms with Crippen LogP contribution in [0.25, 0.3) is 0 Å². The van der Waals surface area contributed by atoms with Gasteiger partial charge in [0.15, 0.2) is 0 Å². The minimum absolute atomic E-state index is 0.0368. The first-order chi connectivity index (χ1) is 7.52. The lowest BCUT2D eigenvalue weighted by Gasteiger charge is -2.10. The lowest BCUT2D eigenvalue weighted by Crippen LogP contribution is -2.08. The number of ether oxygens (including phenoxy) is 1. The van der Waals surface area contributed by atoms with Gasteiger partial charge >= 0.3 is 5.97 Å². The van der Waals surface area contributed by atoms with Crippen molar-refractivity contribution in [3.05, 3.63) is 27.8 Å². The van der Waals surface area contributed by atoms with Crippen LogP contribution in [-0.4, -0.2) is 17.7 Å². The lowest BCUT2D eigenvalue weighted by molar-refractivity contribution is 0.0522. The highest BCUT2D eigenvalue weighted by Crippen LogP contribution is 2.32. The first-order valence-corrected chi connectivity index (χ1v) is 5.00. The molecule has 1 N–H and O–H groups in total. The van der Waals surface area contributed by atoms with E-state index in [-0.39, 0.29) is 28.5 Å². The second kappa shape index (κ2) is 4.86. The number of esters is 1. The van der Waals surface area contributed by atoms with Crippen molar-refractivity contribution in [2.75, 3.05) is 6.61 Å². The highest BCUT2D eigenvalue weighted by Gasteiger charge is 2.20. The van der Waals surface area contributed by atoms with Gasteiger partial charge in [-0.05, 0) is 25.5 Å². The van der Waals surface area contributed by atoms with Gasteiger partial charge in [0.2, 0.25) is 0 Å². The molecule has 16 heavy (non-hydrogen) atoms. The summed E-state index contributed by atoms with van der Waals surface area (Å²) in [5.41, 5.74) is 0.555. The highest BCUT2D eigenvalue weighted by molar-refractivity contribution is 6.32. The molecule has 0 fully saturated rings. The van der Waals surface area contributed by atoms with Crippen molar-refractivity contribution < 1.29 is 14.6 Å². The molecule has 0 atom stereocenters. The van der Waals surface area contributed by atoms with Crippen LogP contribution in [0.4, 0.5) is 0 Å². The molecule has 0 radical (unpaired) electrons. The van der Waals surface area contributed by atoms with E-state index in [1.807, 2.05) is 6.07 Å². The van der Waals surface area contributed by atoms with Gasteiger partial charge in [0.1, 0.15) is 11.3 Å². The number of nitriles is 1. The van der Waals surface area contributed by atoms with Crippen LogP contribution in [0, 0.1) is 18.3 Å². The standard InChI is InChI=1S/C11H10ClNO3/c1-3-16-11(15)9-6(2)7(5-13)4-8(12)10(9)14/h4,14H,3H2,1-2H3. The summed E-state index contributed by atoms with van der Waals surface area (Å²) in [5, 5.41) is 18.4. The summed E-state index contributed by atoms with van der Waals surface area (Å²) in [6.07, 6.45) is 0. The molecule has 1 rings (SSSR count). The van der Waals surface area contributed by atoms with E-state index in [1.165, 1.54) is 6.07 Å². The molecule has 0 saturated carbocycles. The Bertz CT molecular complexity index is 477. The Hall–Kier alpha value is -1.73. The average Bonchev–Trinajstić information content (AvgIpc) is 2.24. The molecular formula is C11H10ClNO3. The van der Waals surface area contributed by atoms with Gasteiger partial charge in [-0.25, -0.2) is 4.79 Å². The van der Waals surface area contributed by atoms with Crippen molar-refractivity contribution in [1.29, 1.82) is 5.26 Å². The predicted octanol–water partition coefficient (Wildman–Crippen LogP) is 2.40. The molecule has 5 heteroatoms. The van der Waals surface area contributed by atoms with Gasteiger partial charge < -0.3 is 9.84 Å². The molecule has 1 aromatic carbocycles. The number of halogens is 1. The van der Waals surface area contributed by atoms with E-state index < -0.39 is 5.97 Å². The summed E-state index contributed by atoms with van der Waals surface area (Å²) in [5.74, 6) is -1.03. The summed E-state index contributed by atoms with van der Waals surface area (Å²) < 4.78 is 4.78. The van der Waals surface area contributed by atoms with E-state index in [0.717, 1.165) is 0 Å². The van der Waals surface area contributed by atoms with Gasteiger partial charge in [-0.3, -0.25) is 0 Å². The number of rotatable bonds is 2. The molecule has 0 saturated heterocycles. The van der Waals surface area contributed by atoms with Crippen LogP contribution in [0.15, 0.2) is 6.07 Å². The zero-order valence-corrected chi connectivity index (χ0v) is 9.63. The number of phenols is 1. The van der Waals surface area contributed by atoms with Crippen molar-refractivity contribution >= 4 is 17.6 Å². The van der Waals surface area contributed by atoms with Crippen molar-refractivity contribution in [3.8, 4) is 11.8 Å². The molecule has 0 aromatic heterocycles. The van der Waals surface area contributed by atoms with E-state index in [0.29, 0.717) is 5.56 Å². The molecule has 1 aromatic rings. The normalized spacial score (nSPS) is 9.62. The molecule has 0 aliphatic rings. The number of hydrogen-bond acceptors (Lipinski definition) is 4. The number of benzene rings is 1. The summed E-state index contributed by atoms with van der Waals surface area (Å²) in [6, 6.07) is 3.21. The molecule has 4 nitrogen and oxygen atoms in total. The zero-order chi connectivity index (χ0) is 12.3. The Balaban J connectivity index is 3.43. The third-order valence-corrected chi connectivity index (χ3v) is 2.40. The maximum absolute atomic E-state index is 11.6. The van der Waals surface area contributed by atoms with E-state index in [9.17, 15) is 9.90 Å². The molecule has 0 aliphatic heterocycles. The SMILES string of the molecule is CCOC(=O)c1c(C)c(C#N)cc(Cl)c1O. The first kappa shape index (κ1) is 12.3. The fourth-order valence-electron chi connectivity index (χ4n) is 1.30. The van der Waals surface area contributed by atoms with Gasteiger partial charge in [0.05, 0.1) is 23.3 Å². The Morgan fingerprint density at radius 2 is 2.31 bits per heavy atom. The maximum Gasteiger partial charge on any atom is 0.342 e. The van der Waals surface area contributed by atoms with Gasteiger partial charge in [0, 0.05) is 0 Å². The van der Waals surface area contributed by atoms with Crippen LogP contribution in [-0.2, 0) is 4.74 Å². The van der Waals surface area contributed by atoms with Gasteiger partial charge in [-0.1, -0.05) is 11.6 Å². The number of nitrogens with zero attached hydrogens (tertiary/aromatic N) is 1. The van der Waals surface area contributed by atoms with Gasteiger partial charge in [-0.2, -0.15) is 5.26 Å². The number of carbonyl (C=O) groups is 1. The largest absolute Gasteiger partial charge is 0.505 e. The Kier molecular flexibility index (Phi) is 3.75. The van der Waals surface area contributed by atoms with Crippen molar-refractivity contribution in [2.45, 2.75) is 13.8 Å². The smallest absolute Gasteiger partial charge is 0.342 e. The third-order valence-electron chi connectivity index (χ3n) is 2.11. The Morgan fingerprint density at radius 1 is 1.69 bits per heavy atom. The third kappa shape index (κ3) is 2.10. The number of phenolic OH excluding ortho intramolecular Hbond substituents is 1. The van der Waals surface area contributed by atoms with Crippen LogP contribution in [0.5, 0.6) is 5.75 Å². The minimum Gasteiger partial charge on any atom is -0.505 e. The fourth-order valence-corrected chi connectivity index (χ4v) is 1.51. The van der Waals surface area contributed by atoms with Gasteiger partial charge in [-0.15, -0.1) is 0 Å². The molecule has 0 spiro atoms. The molecule has 0 unspecified atom stereocenters. The molecule has 0 bridgehead atoms. The Morgan fingerprint density at radius 3 is 2.81 bits per heavy atom. The van der Waals surface area contributed by atoms with Crippen molar-refractivity contribution in [3.63, 3.8) is 0 Å². The van der Waals surface area contributed by atoms with Crippen molar-refractivity contribution in [2.24, 2.45) is 0 Å². The Labute approximate surface area is 98.0 Å². The zero-order valence-electron chi connectivity index (χ0n) is 8.87. The number of aromatic hydroxyl groups is 1. The minimum atomic E-state index is -0.684. The monoisotopic (exact) mass is 239 g/mol. The maximum atomic E-state index is 11.6. The summed E-state index contributed by atoms with van der Waals surface area (Å²) in [4.78, 5) is 11.6.